The van der Waals surface area contributed by atoms with Gasteiger partial charge in [-0.3, -0.25) is 0 Å². The molecule has 1 heterocycles. The van der Waals surface area contributed by atoms with E-state index in [4.69, 9.17) is 0 Å². The van der Waals surface area contributed by atoms with Gasteiger partial charge in [-0.05, 0) is 12.5 Å². The molecular formula is C12H22N2. The minimum Gasteiger partial charge on any atom is -0.245 e. The number of unbranched alkanes of at least 4 members (excludes halogenated alkanes) is 4. The van der Waals surface area contributed by atoms with E-state index in [2.05, 4.69) is 23.8 Å². The van der Waals surface area contributed by atoms with E-state index >= 15 is 0 Å². The van der Waals surface area contributed by atoms with Crippen molar-refractivity contribution in [1.82, 2.24) is 9.97 Å². The van der Waals surface area contributed by atoms with Crippen molar-refractivity contribution in [3.05, 3.63) is 24.3 Å². The van der Waals surface area contributed by atoms with Crippen molar-refractivity contribution in [2.24, 2.45) is 0 Å². The molecule has 0 atom stereocenters. The molecule has 0 N–H and O–H groups in total. The van der Waals surface area contributed by atoms with Crippen LogP contribution in [0.3, 0.4) is 0 Å². The number of hydrogen-bond donors (Lipinski definition) is 0. The third-order valence-electron chi connectivity index (χ3n) is 1.90. The molecule has 1 aromatic heterocycles. The molecule has 14 heavy (non-hydrogen) atoms. The molecule has 0 aromatic carbocycles. The first-order valence-corrected chi connectivity index (χ1v) is 5.52. The summed E-state index contributed by atoms with van der Waals surface area (Å²) < 4.78 is 0. The highest BCUT2D eigenvalue weighted by Crippen LogP contribution is 2.00. The van der Waals surface area contributed by atoms with Crippen LogP contribution in [0.1, 0.15) is 51.5 Å². The van der Waals surface area contributed by atoms with E-state index < -0.39 is 0 Å². The number of nitrogens with zero attached hydrogens (tertiary/aromatic N) is 2. The highest BCUT2D eigenvalue weighted by atomic mass is 14.8. The van der Waals surface area contributed by atoms with Crippen molar-refractivity contribution in [1.29, 1.82) is 0 Å². The van der Waals surface area contributed by atoms with E-state index in [9.17, 15) is 0 Å². The van der Waals surface area contributed by atoms with Crippen LogP contribution in [-0.2, 0) is 0 Å². The third-order valence-corrected chi connectivity index (χ3v) is 1.90. The fourth-order valence-corrected chi connectivity index (χ4v) is 1.05. The molecule has 2 nitrogen and oxygen atoms in total. The Labute approximate surface area is 87.8 Å². The minimum atomic E-state index is 1.10. The smallest absolute Gasteiger partial charge is 0.115 e. The average molecular weight is 194 g/mol. The lowest BCUT2D eigenvalue weighted by atomic mass is 10.2. The summed E-state index contributed by atoms with van der Waals surface area (Å²) in [7, 11) is 0. The van der Waals surface area contributed by atoms with Crippen molar-refractivity contribution in [3.8, 4) is 0 Å². The summed E-state index contributed by atoms with van der Waals surface area (Å²) in [6.45, 7) is 6.45. The first-order valence-electron chi connectivity index (χ1n) is 5.52. The van der Waals surface area contributed by atoms with E-state index in [1.54, 1.807) is 12.4 Å². The fraction of sp³-hybridized carbons (Fsp3) is 0.667. The quantitative estimate of drug-likeness (QED) is 0.682. The predicted molar refractivity (Wildman–Crippen MR) is 61.2 cm³/mol. The van der Waals surface area contributed by atoms with Crippen LogP contribution in [0.2, 0.25) is 0 Å². The summed E-state index contributed by atoms with van der Waals surface area (Å²) >= 11 is 0. The molecule has 0 unspecified atom stereocenters. The second-order valence-corrected chi connectivity index (χ2v) is 3.48. The molecule has 1 aromatic rings. The Morgan fingerprint density at radius 2 is 1.43 bits per heavy atom. The van der Waals surface area contributed by atoms with Gasteiger partial charge in [0.25, 0.3) is 0 Å². The largest absolute Gasteiger partial charge is 0.245 e. The Morgan fingerprint density at radius 3 is 1.71 bits per heavy atom. The summed E-state index contributed by atoms with van der Waals surface area (Å²) in [4.78, 5) is 7.55. The van der Waals surface area contributed by atoms with Crippen molar-refractivity contribution in [2.75, 3.05) is 0 Å². The van der Waals surface area contributed by atoms with Gasteiger partial charge in [-0.2, -0.15) is 0 Å². The van der Waals surface area contributed by atoms with Crippen molar-refractivity contribution in [3.63, 3.8) is 0 Å². The van der Waals surface area contributed by atoms with Gasteiger partial charge in [0, 0.05) is 12.4 Å². The molecule has 0 saturated carbocycles. The Bertz CT molecular complexity index is 193. The van der Waals surface area contributed by atoms with E-state index in [0.29, 0.717) is 0 Å². The first kappa shape index (κ1) is 13.1. The molecule has 0 amide bonds. The molecule has 0 radical (unpaired) electrons. The molecule has 0 aliphatic rings. The van der Waals surface area contributed by atoms with Gasteiger partial charge in [0.2, 0.25) is 0 Å². The van der Waals surface area contributed by atoms with Crippen LogP contribution >= 0.6 is 0 Å². The van der Waals surface area contributed by atoms with Crippen molar-refractivity contribution >= 4 is 0 Å². The summed E-state index contributed by atoms with van der Waals surface area (Å²) in [6, 6.07) is 0. The fourth-order valence-electron chi connectivity index (χ4n) is 1.05. The molecule has 0 fully saturated rings. The number of aryl methyl sites for hydroxylation is 1. The molecule has 0 bridgehead atoms. The second-order valence-electron chi connectivity index (χ2n) is 3.48. The summed E-state index contributed by atoms with van der Waals surface area (Å²) in [5, 5.41) is 0. The van der Waals surface area contributed by atoms with Crippen LogP contribution in [0.25, 0.3) is 0 Å². The predicted octanol–water partition coefficient (Wildman–Crippen LogP) is 3.76. The summed E-state index contributed by atoms with van der Waals surface area (Å²) in [5.74, 6) is 0. The maximum Gasteiger partial charge on any atom is 0.115 e. The summed E-state index contributed by atoms with van der Waals surface area (Å²) in [6.07, 6.45) is 12.1. The van der Waals surface area contributed by atoms with E-state index in [1.807, 2.05) is 6.92 Å². The maximum absolute atomic E-state index is 3.77. The zero-order valence-corrected chi connectivity index (χ0v) is 9.66. The van der Waals surface area contributed by atoms with Crippen molar-refractivity contribution < 1.29 is 0 Å². The van der Waals surface area contributed by atoms with Crippen LogP contribution in [-0.4, -0.2) is 9.97 Å². The van der Waals surface area contributed by atoms with Gasteiger partial charge < -0.3 is 0 Å². The van der Waals surface area contributed by atoms with Crippen LogP contribution in [0.5, 0.6) is 0 Å². The average Bonchev–Trinajstić information content (AvgIpc) is 2.21. The van der Waals surface area contributed by atoms with Gasteiger partial charge in [-0.15, -0.1) is 0 Å². The highest BCUT2D eigenvalue weighted by Gasteiger charge is 1.80. The van der Waals surface area contributed by atoms with Gasteiger partial charge in [0.15, 0.2) is 0 Å². The zero-order valence-electron chi connectivity index (χ0n) is 9.66. The molecule has 0 aliphatic carbocycles. The van der Waals surface area contributed by atoms with Crippen LogP contribution in [0, 0.1) is 6.92 Å². The Balaban J connectivity index is 0.000000241. The standard InChI is InChI=1S/C7H16.C5H6N2/c1-3-5-7-6-4-2;1-5-2-6-4-7-3-5/h3-7H2,1-2H3;2-4H,1H3. The highest BCUT2D eigenvalue weighted by molar-refractivity contribution is 4.96. The SMILES string of the molecule is CCCCCCC.Cc1cncnc1. The minimum absolute atomic E-state index is 1.10. The van der Waals surface area contributed by atoms with Gasteiger partial charge in [-0.1, -0.05) is 46.0 Å². The van der Waals surface area contributed by atoms with Gasteiger partial charge >= 0.3 is 0 Å². The van der Waals surface area contributed by atoms with E-state index in [1.165, 1.54) is 38.4 Å². The first-order chi connectivity index (χ1) is 6.81. The lowest BCUT2D eigenvalue weighted by Gasteiger charge is -1.90. The Kier molecular flexibility index (Phi) is 9.49. The van der Waals surface area contributed by atoms with Crippen LogP contribution in [0.15, 0.2) is 18.7 Å². The molecule has 1 rings (SSSR count). The lowest BCUT2D eigenvalue weighted by molar-refractivity contribution is 0.656. The van der Waals surface area contributed by atoms with E-state index in [-0.39, 0.29) is 0 Å². The van der Waals surface area contributed by atoms with Gasteiger partial charge in [-0.25, -0.2) is 9.97 Å². The Morgan fingerprint density at radius 1 is 0.929 bits per heavy atom. The monoisotopic (exact) mass is 194 g/mol. The molecule has 0 saturated heterocycles. The number of rotatable bonds is 4. The molecular weight excluding hydrogens is 172 g/mol. The molecule has 0 aliphatic heterocycles. The second kappa shape index (κ2) is 10.2. The normalized spacial score (nSPS) is 9.07. The molecule has 2 heteroatoms. The number of hydrogen-bond acceptors (Lipinski definition) is 2. The molecule has 80 valence electrons. The van der Waals surface area contributed by atoms with E-state index in [0.717, 1.165) is 5.56 Å². The topological polar surface area (TPSA) is 25.8 Å². The maximum atomic E-state index is 3.77. The van der Waals surface area contributed by atoms with Crippen LogP contribution in [0.4, 0.5) is 0 Å². The zero-order chi connectivity index (χ0) is 10.6. The van der Waals surface area contributed by atoms with Crippen molar-refractivity contribution in [2.45, 2.75) is 52.9 Å². The summed E-state index contributed by atoms with van der Waals surface area (Å²) in [5.41, 5.74) is 1.10. The lowest BCUT2D eigenvalue weighted by Crippen LogP contribution is -1.75. The van der Waals surface area contributed by atoms with Gasteiger partial charge in [0.05, 0.1) is 0 Å². The van der Waals surface area contributed by atoms with Gasteiger partial charge in [0.1, 0.15) is 6.33 Å². The van der Waals surface area contributed by atoms with Crippen LogP contribution < -0.4 is 0 Å². The Hall–Kier alpha value is -0.920. The molecule has 0 spiro atoms. The number of aromatic nitrogens is 2. The third kappa shape index (κ3) is 9.17.